The van der Waals surface area contributed by atoms with Gasteiger partial charge in [-0.3, -0.25) is 4.79 Å². The second kappa shape index (κ2) is 3.12. The van der Waals surface area contributed by atoms with Crippen LogP contribution in [0.4, 0.5) is 0 Å². The zero-order valence-corrected chi connectivity index (χ0v) is 7.04. The highest BCUT2D eigenvalue weighted by Gasteiger charge is 2.25. The Labute approximate surface area is 68.5 Å². The van der Waals surface area contributed by atoms with E-state index in [0.717, 1.165) is 0 Å². The van der Waals surface area contributed by atoms with E-state index in [0.29, 0.717) is 10.1 Å². The van der Waals surface area contributed by atoms with E-state index >= 15 is 0 Å². The minimum Gasteiger partial charge on any atom is -0.272 e. The molecule has 0 saturated carbocycles. The van der Waals surface area contributed by atoms with Crippen LogP contribution in [-0.2, 0) is 4.79 Å². The van der Waals surface area contributed by atoms with Gasteiger partial charge in [-0.05, 0) is 6.92 Å². The van der Waals surface area contributed by atoms with Crippen LogP contribution in [0.2, 0.25) is 0 Å². The molecular weight excluding hydrogens is 168 g/mol. The van der Waals surface area contributed by atoms with Gasteiger partial charge in [0.25, 0.3) is 5.91 Å². The summed E-state index contributed by atoms with van der Waals surface area (Å²) < 4.78 is 0.545. The molecule has 0 aromatic carbocycles. The van der Waals surface area contributed by atoms with Crippen LogP contribution in [0.15, 0.2) is 5.10 Å². The zero-order valence-electron chi connectivity index (χ0n) is 5.40. The van der Waals surface area contributed by atoms with Gasteiger partial charge in [-0.15, -0.1) is 0 Å². The van der Waals surface area contributed by atoms with E-state index in [1.165, 1.54) is 16.8 Å². The number of hydrogen-bond acceptors (Lipinski definition) is 4. The summed E-state index contributed by atoms with van der Waals surface area (Å²) in [4.78, 5) is 10.9. The highest BCUT2D eigenvalue weighted by Crippen LogP contribution is 2.18. The van der Waals surface area contributed by atoms with E-state index < -0.39 is 0 Å². The van der Waals surface area contributed by atoms with Gasteiger partial charge < -0.3 is 0 Å². The fourth-order valence-electron chi connectivity index (χ4n) is 0.575. The van der Waals surface area contributed by atoms with E-state index in [-0.39, 0.29) is 5.91 Å². The Hall–Kier alpha value is -0.420. The molecule has 0 aromatic rings. The predicted molar refractivity (Wildman–Crippen MR) is 46.1 cm³/mol. The molecule has 1 saturated heterocycles. The van der Waals surface area contributed by atoms with Gasteiger partial charge in [0, 0.05) is 6.21 Å². The average Bonchev–Trinajstić information content (AvgIpc) is 2.20. The third-order valence-corrected chi connectivity index (χ3v) is 2.30. The molecule has 1 fully saturated rings. The maximum absolute atomic E-state index is 10.9. The summed E-state index contributed by atoms with van der Waals surface area (Å²) in [5.74, 6) is 0.393. The van der Waals surface area contributed by atoms with Crippen molar-refractivity contribution in [2.75, 3.05) is 5.75 Å². The third kappa shape index (κ3) is 1.35. The van der Waals surface area contributed by atoms with Gasteiger partial charge in [0.1, 0.15) is 0 Å². The molecule has 10 heavy (non-hydrogen) atoms. The monoisotopic (exact) mass is 174 g/mol. The van der Waals surface area contributed by atoms with Crippen molar-refractivity contribution in [1.82, 2.24) is 5.01 Å². The number of carbonyl (C=O) groups is 1. The number of amides is 1. The van der Waals surface area contributed by atoms with Crippen LogP contribution in [0.1, 0.15) is 6.92 Å². The van der Waals surface area contributed by atoms with Crippen LogP contribution in [0.3, 0.4) is 0 Å². The van der Waals surface area contributed by atoms with Gasteiger partial charge in [-0.25, -0.2) is 0 Å². The molecule has 1 amide bonds. The summed E-state index contributed by atoms with van der Waals surface area (Å²) in [7, 11) is 0. The van der Waals surface area contributed by atoms with E-state index in [4.69, 9.17) is 12.2 Å². The van der Waals surface area contributed by atoms with Crippen molar-refractivity contribution in [3.63, 3.8) is 0 Å². The molecule has 0 unspecified atom stereocenters. The molecule has 0 atom stereocenters. The molecule has 0 bridgehead atoms. The molecule has 0 spiro atoms. The first-order valence-corrected chi connectivity index (χ1v) is 4.13. The number of hydrazone groups is 1. The van der Waals surface area contributed by atoms with Crippen LogP contribution in [-0.4, -0.2) is 27.2 Å². The summed E-state index contributed by atoms with van der Waals surface area (Å²) >= 11 is 6.18. The fraction of sp³-hybridized carbons (Fsp3) is 0.400. The Bertz CT molecular complexity index is 186. The van der Waals surface area contributed by atoms with Gasteiger partial charge in [0.15, 0.2) is 4.32 Å². The number of thioether (sulfide) groups is 1. The van der Waals surface area contributed by atoms with Crippen molar-refractivity contribution in [2.45, 2.75) is 6.92 Å². The van der Waals surface area contributed by atoms with Gasteiger partial charge in [0.2, 0.25) is 0 Å². The Kier molecular flexibility index (Phi) is 2.39. The van der Waals surface area contributed by atoms with Crippen LogP contribution >= 0.6 is 24.0 Å². The third-order valence-electron chi connectivity index (χ3n) is 0.959. The largest absolute Gasteiger partial charge is 0.272 e. The van der Waals surface area contributed by atoms with E-state index in [1.807, 2.05) is 0 Å². The van der Waals surface area contributed by atoms with Crippen LogP contribution in [0.5, 0.6) is 0 Å². The van der Waals surface area contributed by atoms with Crippen molar-refractivity contribution in [1.29, 1.82) is 0 Å². The summed E-state index contributed by atoms with van der Waals surface area (Å²) in [6.45, 7) is 1.75. The number of nitrogens with zero attached hydrogens (tertiary/aromatic N) is 2. The molecule has 5 heteroatoms. The molecule has 0 N–H and O–H groups in total. The summed E-state index contributed by atoms with van der Waals surface area (Å²) in [6, 6.07) is 0. The topological polar surface area (TPSA) is 32.7 Å². The lowest BCUT2D eigenvalue weighted by Gasteiger charge is -2.04. The first-order valence-electron chi connectivity index (χ1n) is 2.74. The predicted octanol–water partition coefficient (Wildman–Crippen LogP) is 0.852. The Morgan fingerprint density at radius 1 is 1.90 bits per heavy atom. The molecule has 0 aromatic heterocycles. The zero-order chi connectivity index (χ0) is 7.56. The minimum absolute atomic E-state index is 0.0342. The first kappa shape index (κ1) is 7.68. The summed E-state index contributed by atoms with van der Waals surface area (Å²) in [6.07, 6.45) is 1.55. The first-order chi connectivity index (χ1) is 4.75. The van der Waals surface area contributed by atoms with Crippen molar-refractivity contribution in [3.05, 3.63) is 0 Å². The van der Waals surface area contributed by atoms with Gasteiger partial charge in [-0.2, -0.15) is 10.1 Å². The normalized spacial score (nSPS) is 19.5. The molecule has 1 aliphatic rings. The fourth-order valence-corrected chi connectivity index (χ4v) is 1.54. The summed E-state index contributed by atoms with van der Waals surface area (Å²) in [5.41, 5.74) is 0. The van der Waals surface area contributed by atoms with Gasteiger partial charge in [0.05, 0.1) is 5.75 Å². The molecule has 0 aliphatic carbocycles. The van der Waals surface area contributed by atoms with Crippen LogP contribution in [0.25, 0.3) is 0 Å². The van der Waals surface area contributed by atoms with Gasteiger partial charge in [-0.1, -0.05) is 24.0 Å². The molecule has 1 heterocycles. The Morgan fingerprint density at radius 3 is 3.00 bits per heavy atom. The average molecular weight is 174 g/mol. The van der Waals surface area contributed by atoms with Crippen molar-refractivity contribution in [2.24, 2.45) is 5.10 Å². The Balaban J connectivity index is 2.72. The van der Waals surface area contributed by atoms with Crippen molar-refractivity contribution >= 4 is 40.4 Å². The standard InChI is InChI=1S/C5H6N2OS2/c1-2-6-7-4(8)3-10-5(7)9/h2H,3H2,1H3. The highest BCUT2D eigenvalue weighted by molar-refractivity contribution is 8.23. The van der Waals surface area contributed by atoms with Gasteiger partial charge >= 0.3 is 0 Å². The van der Waals surface area contributed by atoms with Crippen molar-refractivity contribution in [3.8, 4) is 0 Å². The maximum atomic E-state index is 10.9. The maximum Gasteiger partial charge on any atom is 0.259 e. The summed E-state index contributed by atoms with van der Waals surface area (Å²) in [5, 5.41) is 5.03. The molecule has 1 rings (SSSR count). The molecule has 54 valence electrons. The second-order valence-electron chi connectivity index (χ2n) is 1.63. The van der Waals surface area contributed by atoms with Crippen molar-refractivity contribution < 1.29 is 4.79 Å². The van der Waals surface area contributed by atoms with E-state index in [2.05, 4.69) is 5.10 Å². The SMILES string of the molecule is CC=NN1C(=O)CSC1=S. The quantitative estimate of drug-likeness (QED) is 0.436. The minimum atomic E-state index is -0.0342. The van der Waals surface area contributed by atoms with E-state index in [9.17, 15) is 4.79 Å². The lowest BCUT2D eigenvalue weighted by atomic mass is 10.7. The number of rotatable bonds is 1. The Morgan fingerprint density at radius 2 is 2.60 bits per heavy atom. The van der Waals surface area contributed by atoms with Crippen LogP contribution in [0, 0.1) is 0 Å². The molecule has 0 radical (unpaired) electrons. The van der Waals surface area contributed by atoms with Crippen LogP contribution < -0.4 is 0 Å². The lowest BCUT2D eigenvalue weighted by molar-refractivity contribution is -0.123. The second-order valence-corrected chi connectivity index (χ2v) is 3.24. The molecule has 1 aliphatic heterocycles. The number of thiocarbonyl (C=S) groups is 1. The highest BCUT2D eigenvalue weighted by atomic mass is 32.2. The smallest absolute Gasteiger partial charge is 0.259 e. The lowest BCUT2D eigenvalue weighted by Crippen LogP contribution is -2.22. The number of hydrogen-bond donors (Lipinski definition) is 0. The molecular formula is C5H6N2OS2. The molecule has 3 nitrogen and oxygen atoms in total. The number of carbonyl (C=O) groups excluding carboxylic acids is 1. The van der Waals surface area contributed by atoms with E-state index in [1.54, 1.807) is 13.1 Å².